The highest BCUT2D eigenvalue weighted by Crippen LogP contribution is 2.36. The minimum Gasteiger partial charge on any atom is -0.446 e. The number of fused-ring (bicyclic) bond motifs is 1. The number of ether oxygens (including phenoxy) is 1. The quantitative estimate of drug-likeness (QED) is 0.302. The van der Waals surface area contributed by atoms with Gasteiger partial charge in [-0.1, -0.05) is 41.4 Å². The van der Waals surface area contributed by atoms with Gasteiger partial charge in [0.1, 0.15) is 0 Å². The summed E-state index contributed by atoms with van der Waals surface area (Å²) in [4.78, 5) is 57.4. The Morgan fingerprint density at radius 1 is 1.10 bits per heavy atom. The number of non-ortho nitro benzene ring substituents is 1. The largest absolute Gasteiger partial charge is 0.446 e. The van der Waals surface area contributed by atoms with Crippen LogP contribution in [0.5, 0.6) is 0 Å². The second-order valence-corrected chi connectivity index (χ2v) is 6.82. The lowest BCUT2D eigenvalue weighted by molar-refractivity contribution is -0.518. The van der Waals surface area contributed by atoms with Crippen molar-refractivity contribution in [2.45, 2.75) is 12.1 Å². The fourth-order valence-electron chi connectivity index (χ4n) is 2.85. The molecule has 0 saturated carbocycles. The lowest BCUT2D eigenvalue weighted by Crippen LogP contribution is -2.42. The van der Waals surface area contributed by atoms with Crippen LogP contribution in [0.3, 0.4) is 0 Å². The molecule has 0 aliphatic carbocycles. The standard InChI is InChI=1S/C17H9Cl2N3O8/c18-10-5-7(21(26)27)6-11(19)12(10)20-16(24)14(23)13(22(28)29)15-8-3-1-2-4-9(8)17(25)30-15/h1-6,13,15H,(H,20,24)/t13-,15-/m1/s1. The number of rotatable bonds is 6. The summed E-state index contributed by atoms with van der Waals surface area (Å²) in [6, 6.07) is 5.28. The number of nitro benzene ring substituents is 1. The first-order valence-electron chi connectivity index (χ1n) is 8.04. The SMILES string of the molecule is O=C(Nc1c(Cl)cc([N+](=O)[O-])cc1Cl)C(=O)[C@H]([C@@H]1OC(=O)c2ccccc21)[N+](=O)[O-]. The normalized spacial score (nSPS) is 15.7. The molecule has 1 amide bonds. The zero-order valence-electron chi connectivity index (χ0n) is 14.5. The summed E-state index contributed by atoms with van der Waals surface area (Å²) in [5, 5.41) is 23.7. The number of carbonyl (C=O) groups is 3. The highest BCUT2D eigenvalue weighted by molar-refractivity contribution is 6.46. The van der Waals surface area contributed by atoms with Crippen LogP contribution in [0.1, 0.15) is 22.0 Å². The van der Waals surface area contributed by atoms with Gasteiger partial charge < -0.3 is 10.1 Å². The Morgan fingerprint density at radius 3 is 2.27 bits per heavy atom. The van der Waals surface area contributed by atoms with Crippen LogP contribution >= 0.6 is 23.2 Å². The van der Waals surface area contributed by atoms with Crippen LogP contribution in [-0.4, -0.2) is 33.5 Å². The van der Waals surface area contributed by atoms with Gasteiger partial charge in [0.25, 0.3) is 17.4 Å². The van der Waals surface area contributed by atoms with Gasteiger partial charge in [-0.2, -0.15) is 0 Å². The minimum atomic E-state index is -2.23. The van der Waals surface area contributed by atoms with Crippen LogP contribution in [0.15, 0.2) is 36.4 Å². The maximum Gasteiger partial charge on any atom is 0.339 e. The molecule has 3 rings (SSSR count). The third kappa shape index (κ3) is 3.80. The average Bonchev–Trinajstić information content (AvgIpc) is 3.00. The summed E-state index contributed by atoms with van der Waals surface area (Å²) in [7, 11) is 0. The van der Waals surface area contributed by atoms with E-state index < -0.39 is 45.3 Å². The number of ketones is 1. The molecule has 0 unspecified atom stereocenters. The number of anilines is 1. The number of nitrogens with one attached hydrogen (secondary N) is 1. The van der Waals surface area contributed by atoms with Crippen molar-refractivity contribution < 1.29 is 29.0 Å². The van der Waals surface area contributed by atoms with Gasteiger partial charge in [0.05, 0.1) is 26.2 Å². The molecule has 0 spiro atoms. The second-order valence-electron chi connectivity index (χ2n) is 6.00. The first-order chi connectivity index (χ1) is 14.1. The average molecular weight is 454 g/mol. The summed E-state index contributed by atoms with van der Waals surface area (Å²) in [6.07, 6.45) is -1.61. The molecular formula is C17H9Cl2N3O8. The van der Waals surface area contributed by atoms with Crippen molar-refractivity contribution in [2.75, 3.05) is 5.32 Å². The van der Waals surface area contributed by atoms with Crippen molar-refractivity contribution in [3.05, 3.63) is 77.8 Å². The number of esters is 1. The van der Waals surface area contributed by atoms with E-state index in [9.17, 15) is 34.6 Å². The van der Waals surface area contributed by atoms with Gasteiger partial charge in [-0.25, -0.2) is 4.79 Å². The topological polar surface area (TPSA) is 159 Å². The van der Waals surface area contributed by atoms with Gasteiger partial charge in [0.2, 0.25) is 6.10 Å². The molecule has 0 aromatic heterocycles. The predicted octanol–water partition coefficient (Wildman–Crippen LogP) is 2.97. The summed E-state index contributed by atoms with van der Waals surface area (Å²) in [6.45, 7) is 0. The summed E-state index contributed by atoms with van der Waals surface area (Å²) >= 11 is 11.7. The number of hydrogen-bond acceptors (Lipinski definition) is 8. The summed E-state index contributed by atoms with van der Waals surface area (Å²) in [5.41, 5.74) is -0.666. The van der Waals surface area contributed by atoms with Crippen molar-refractivity contribution in [1.29, 1.82) is 0 Å². The Labute approximate surface area is 176 Å². The van der Waals surface area contributed by atoms with Crippen LogP contribution in [0.4, 0.5) is 11.4 Å². The third-order valence-corrected chi connectivity index (χ3v) is 4.80. The van der Waals surface area contributed by atoms with E-state index in [4.69, 9.17) is 27.9 Å². The van der Waals surface area contributed by atoms with Gasteiger partial charge in [0.15, 0.2) is 0 Å². The molecular weight excluding hydrogens is 445 g/mol. The lowest BCUT2D eigenvalue weighted by atomic mass is 9.97. The number of nitro groups is 2. The van der Waals surface area contributed by atoms with Crippen molar-refractivity contribution in [2.24, 2.45) is 0 Å². The molecule has 30 heavy (non-hydrogen) atoms. The van der Waals surface area contributed by atoms with Gasteiger partial charge in [-0.05, 0) is 6.07 Å². The van der Waals surface area contributed by atoms with E-state index in [0.717, 1.165) is 12.1 Å². The van der Waals surface area contributed by atoms with E-state index in [2.05, 4.69) is 0 Å². The van der Waals surface area contributed by atoms with E-state index >= 15 is 0 Å². The maximum absolute atomic E-state index is 12.6. The molecule has 1 N–H and O–H groups in total. The molecule has 11 nitrogen and oxygen atoms in total. The smallest absolute Gasteiger partial charge is 0.339 e. The Bertz CT molecular complexity index is 1100. The fourth-order valence-corrected chi connectivity index (χ4v) is 3.42. The minimum absolute atomic E-state index is 0.0454. The highest BCUT2D eigenvalue weighted by Gasteiger charge is 2.49. The van der Waals surface area contributed by atoms with E-state index in [1.165, 1.54) is 24.3 Å². The monoisotopic (exact) mass is 453 g/mol. The predicted molar refractivity (Wildman–Crippen MR) is 102 cm³/mol. The zero-order valence-corrected chi connectivity index (χ0v) is 16.0. The van der Waals surface area contributed by atoms with Crippen LogP contribution < -0.4 is 5.32 Å². The van der Waals surface area contributed by atoms with Crippen LogP contribution in [0, 0.1) is 20.2 Å². The molecule has 0 fully saturated rings. The number of cyclic esters (lactones) is 1. The molecule has 0 bridgehead atoms. The number of benzene rings is 2. The number of Topliss-reactive ketones (excluding diaryl/α,β-unsaturated/α-hetero) is 1. The molecule has 0 radical (unpaired) electrons. The van der Waals surface area contributed by atoms with Gasteiger partial charge in [0, 0.05) is 22.6 Å². The second kappa shape index (κ2) is 8.05. The van der Waals surface area contributed by atoms with E-state index in [0.29, 0.717) is 0 Å². The zero-order chi connectivity index (χ0) is 22.2. The van der Waals surface area contributed by atoms with Gasteiger partial charge in [-0.15, -0.1) is 0 Å². The summed E-state index contributed by atoms with van der Waals surface area (Å²) in [5.74, 6) is -3.85. The molecule has 13 heteroatoms. The van der Waals surface area contributed by atoms with Crippen molar-refractivity contribution >= 4 is 52.2 Å². The number of hydrogen-bond donors (Lipinski definition) is 1. The Balaban J connectivity index is 1.89. The van der Waals surface area contributed by atoms with E-state index in [1.54, 1.807) is 0 Å². The fraction of sp³-hybridized carbons (Fsp3) is 0.118. The molecule has 1 aliphatic rings. The van der Waals surface area contributed by atoms with Crippen molar-refractivity contribution in [1.82, 2.24) is 0 Å². The molecule has 0 saturated heterocycles. The molecule has 2 atom stereocenters. The number of halogens is 2. The van der Waals surface area contributed by atoms with Gasteiger partial charge >= 0.3 is 12.0 Å². The maximum atomic E-state index is 12.6. The number of amides is 1. The molecule has 2 aromatic rings. The molecule has 1 aliphatic heterocycles. The van der Waals surface area contributed by atoms with E-state index in [-0.39, 0.29) is 26.9 Å². The van der Waals surface area contributed by atoms with Crippen molar-refractivity contribution in [3.63, 3.8) is 0 Å². The third-order valence-electron chi connectivity index (χ3n) is 4.20. The van der Waals surface area contributed by atoms with Crippen LogP contribution in [0.25, 0.3) is 0 Å². The van der Waals surface area contributed by atoms with Crippen LogP contribution in [0.2, 0.25) is 10.0 Å². The van der Waals surface area contributed by atoms with Crippen LogP contribution in [-0.2, 0) is 14.3 Å². The summed E-state index contributed by atoms with van der Waals surface area (Å²) < 4.78 is 4.96. The molecule has 154 valence electrons. The number of nitrogens with zero attached hydrogens (tertiary/aromatic N) is 2. The Kier molecular flexibility index (Phi) is 5.67. The van der Waals surface area contributed by atoms with Crippen molar-refractivity contribution in [3.8, 4) is 0 Å². The lowest BCUT2D eigenvalue weighted by Gasteiger charge is -2.15. The molecule has 2 aromatic carbocycles. The first kappa shape index (κ1) is 21.1. The highest BCUT2D eigenvalue weighted by atomic mass is 35.5. The Morgan fingerprint density at radius 2 is 1.70 bits per heavy atom. The Hall–Kier alpha value is -3.57. The molecule has 1 heterocycles. The first-order valence-corrected chi connectivity index (χ1v) is 8.79. The van der Waals surface area contributed by atoms with E-state index in [1.807, 2.05) is 5.32 Å². The van der Waals surface area contributed by atoms with Gasteiger partial charge in [-0.3, -0.25) is 29.8 Å². The number of carbonyl (C=O) groups excluding carboxylic acids is 3.